The first-order chi connectivity index (χ1) is 8.60. The van der Waals surface area contributed by atoms with Gasteiger partial charge in [-0.15, -0.1) is 0 Å². The van der Waals surface area contributed by atoms with E-state index in [0.29, 0.717) is 5.92 Å². The van der Waals surface area contributed by atoms with Gasteiger partial charge >= 0.3 is 0 Å². The van der Waals surface area contributed by atoms with E-state index in [9.17, 15) is 0 Å². The van der Waals surface area contributed by atoms with Crippen molar-refractivity contribution in [3.63, 3.8) is 0 Å². The summed E-state index contributed by atoms with van der Waals surface area (Å²) in [4.78, 5) is 0. The summed E-state index contributed by atoms with van der Waals surface area (Å²) in [5, 5.41) is 0. The molecule has 18 heavy (non-hydrogen) atoms. The molecule has 0 N–H and O–H groups in total. The zero-order valence-corrected chi connectivity index (χ0v) is 12.6. The number of rotatable bonds is 7. The molecule has 1 unspecified atom stereocenters. The number of allylic oxidation sites excluding steroid dienone is 1. The van der Waals surface area contributed by atoms with Gasteiger partial charge < -0.3 is 0 Å². The highest BCUT2D eigenvalue weighted by molar-refractivity contribution is 5.65. The Morgan fingerprint density at radius 1 is 1.22 bits per heavy atom. The van der Waals surface area contributed by atoms with Crippen molar-refractivity contribution in [2.24, 2.45) is 0 Å². The molecular formula is C18H28. The Morgan fingerprint density at radius 3 is 2.50 bits per heavy atom. The van der Waals surface area contributed by atoms with Crippen molar-refractivity contribution >= 4 is 5.57 Å². The van der Waals surface area contributed by atoms with Gasteiger partial charge in [-0.05, 0) is 42.4 Å². The summed E-state index contributed by atoms with van der Waals surface area (Å²) in [7, 11) is 0. The van der Waals surface area contributed by atoms with Crippen molar-refractivity contribution in [1.29, 1.82) is 0 Å². The maximum Gasteiger partial charge on any atom is -0.0190 e. The van der Waals surface area contributed by atoms with Crippen molar-refractivity contribution in [3.8, 4) is 0 Å². The van der Waals surface area contributed by atoms with Gasteiger partial charge in [0, 0.05) is 0 Å². The SMILES string of the molecule is C=C(C)c1cc(C(C)CCCCC)ccc1CC. The lowest BCUT2D eigenvalue weighted by Gasteiger charge is -2.15. The first-order valence-electron chi connectivity index (χ1n) is 7.38. The van der Waals surface area contributed by atoms with E-state index >= 15 is 0 Å². The van der Waals surface area contributed by atoms with Gasteiger partial charge in [-0.3, -0.25) is 0 Å². The second kappa shape index (κ2) is 7.41. The van der Waals surface area contributed by atoms with Gasteiger partial charge in [0.05, 0.1) is 0 Å². The minimum absolute atomic E-state index is 0.667. The van der Waals surface area contributed by atoms with E-state index < -0.39 is 0 Å². The number of hydrogen-bond donors (Lipinski definition) is 0. The van der Waals surface area contributed by atoms with Gasteiger partial charge in [0.15, 0.2) is 0 Å². The normalized spacial score (nSPS) is 12.4. The Bertz CT molecular complexity index is 387. The van der Waals surface area contributed by atoms with Crippen molar-refractivity contribution in [2.75, 3.05) is 0 Å². The Kier molecular flexibility index (Phi) is 6.18. The molecule has 0 heteroatoms. The zero-order chi connectivity index (χ0) is 13.5. The fourth-order valence-electron chi connectivity index (χ4n) is 2.47. The molecular weight excluding hydrogens is 216 g/mol. The molecule has 0 aliphatic heterocycles. The summed E-state index contributed by atoms with van der Waals surface area (Å²) in [5.41, 5.74) is 5.44. The molecule has 0 aliphatic carbocycles. The largest absolute Gasteiger partial charge is 0.0955 e. The molecule has 1 aromatic rings. The van der Waals surface area contributed by atoms with E-state index in [0.717, 1.165) is 6.42 Å². The molecule has 100 valence electrons. The highest BCUT2D eigenvalue weighted by Crippen LogP contribution is 2.27. The molecule has 1 aromatic carbocycles. The Hall–Kier alpha value is -1.04. The third-order valence-electron chi connectivity index (χ3n) is 3.78. The van der Waals surface area contributed by atoms with Gasteiger partial charge in [-0.25, -0.2) is 0 Å². The van der Waals surface area contributed by atoms with Crippen LogP contribution in [0.3, 0.4) is 0 Å². The van der Waals surface area contributed by atoms with Gasteiger partial charge in [0.1, 0.15) is 0 Å². The summed E-state index contributed by atoms with van der Waals surface area (Å²) in [6, 6.07) is 6.95. The van der Waals surface area contributed by atoms with Crippen LogP contribution in [0.4, 0.5) is 0 Å². The van der Waals surface area contributed by atoms with Crippen LogP contribution in [0.25, 0.3) is 5.57 Å². The quantitative estimate of drug-likeness (QED) is 0.519. The van der Waals surface area contributed by atoms with E-state index in [1.165, 1.54) is 47.9 Å². The van der Waals surface area contributed by atoms with E-state index in [-0.39, 0.29) is 0 Å². The molecule has 0 bridgehead atoms. The minimum atomic E-state index is 0.667. The first-order valence-corrected chi connectivity index (χ1v) is 7.38. The molecule has 0 fully saturated rings. The lowest BCUT2D eigenvalue weighted by Crippen LogP contribution is -1.98. The number of hydrogen-bond acceptors (Lipinski definition) is 0. The number of benzene rings is 1. The summed E-state index contributed by atoms with van der Waals surface area (Å²) in [6.07, 6.45) is 6.39. The molecule has 0 amide bonds. The lowest BCUT2D eigenvalue weighted by atomic mass is 9.90. The predicted octanol–water partition coefficient (Wildman–Crippen LogP) is 5.97. The topological polar surface area (TPSA) is 0 Å². The van der Waals surface area contributed by atoms with Gasteiger partial charge in [0.2, 0.25) is 0 Å². The van der Waals surface area contributed by atoms with Gasteiger partial charge in [0.25, 0.3) is 0 Å². The third-order valence-corrected chi connectivity index (χ3v) is 3.78. The monoisotopic (exact) mass is 244 g/mol. The average Bonchev–Trinajstić information content (AvgIpc) is 2.38. The highest BCUT2D eigenvalue weighted by atomic mass is 14.1. The highest BCUT2D eigenvalue weighted by Gasteiger charge is 2.09. The minimum Gasteiger partial charge on any atom is -0.0955 e. The molecule has 0 saturated carbocycles. The standard InChI is InChI=1S/C18H28/c1-6-8-9-10-15(5)17-12-11-16(7-2)18(13-17)14(3)4/h11-13,15H,3,6-10H2,1-2,4-5H3. The Labute approximate surface area is 113 Å². The van der Waals surface area contributed by atoms with Gasteiger partial charge in [-0.1, -0.05) is 70.4 Å². The van der Waals surface area contributed by atoms with Crippen LogP contribution in [0.5, 0.6) is 0 Å². The Morgan fingerprint density at radius 2 is 1.94 bits per heavy atom. The molecule has 0 spiro atoms. The molecule has 1 rings (SSSR count). The smallest absolute Gasteiger partial charge is 0.0190 e. The van der Waals surface area contributed by atoms with Crippen LogP contribution in [-0.4, -0.2) is 0 Å². The maximum absolute atomic E-state index is 4.11. The van der Waals surface area contributed by atoms with Gasteiger partial charge in [-0.2, -0.15) is 0 Å². The zero-order valence-electron chi connectivity index (χ0n) is 12.6. The summed E-state index contributed by atoms with van der Waals surface area (Å²) < 4.78 is 0. The molecule has 0 saturated heterocycles. The van der Waals surface area contributed by atoms with Crippen molar-refractivity contribution in [3.05, 3.63) is 41.5 Å². The van der Waals surface area contributed by atoms with Crippen LogP contribution in [0.15, 0.2) is 24.8 Å². The summed E-state index contributed by atoms with van der Waals surface area (Å²) >= 11 is 0. The van der Waals surface area contributed by atoms with Crippen LogP contribution in [0.2, 0.25) is 0 Å². The average molecular weight is 244 g/mol. The lowest BCUT2D eigenvalue weighted by molar-refractivity contribution is 0.598. The fourth-order valence-corrected chi connectivity index (χ4v) is 2.47. The third kappa shape index (κ3) is 4.01. The van der Waals surface area contributed by atoms with Crippen LogP contribution in [0, 0.1) is 0 Å². The fraction of sp³-hybridized carbons (Fsp3) is 0.556. The molecule has 1 atom stereocenters. The second-order valence-electron chi connectivity index (χ2n) is 5.45. The molecule has 0 radical (unpaired) electrons. The van der Waals surface area contributed by atoms with Crippen molar-refractivity contribution < 1.29 is 0 Å². The number of aryl methyl sites for hydroxylation is 1. The van der Waals surface area contributed by atoms with Crippen molar-refractivity contribution in [2.45, 2.75) is 65.7 Å². The van der Waals surface area contributed by atoms with Crippen LogP contribution in [0.1, 0.15) is 76.0 Å². The molecule has 0 heterocycles. The van der Waals surface area contributed by atoms with E-state index in [4.69, 9.17) is 0 Å². The van der Waals surface area contributed by atoms with Crippen LogP contribution in [-0.2, 0) is 6.42 Å². The number of unbranched alkanes of at least 4 members (excludes halogenated alkanes) is 2. The molecule has 0 aliphatic rings. The molecule has 0 nitrogen and oxygen atoms in total. The van der Waals surface area contributed by atoms with E-state index in [1.54, 1.807) is 0 Å². The second-order valence-corrected chi connectivity index (χ2v) is 5.45. The van der Waals surface area contributed by atoms with Crippen LogP contribution >= 0.6 is 0 Å². The maximum atomic E-state index is 4.11. The van der Waals surface area contributed by atoms with Crippen molar-refractivity contribution in [1.82, 2.24) is 0 Å². The summed E-state index contributed by atoms with van der Waals surface area (Å²) in [6.45, 7) is 13.0. The van der Waals surface area contributed by atoms with E-state index in [2.05, 4.69) is 52.5 Å². The Balaban J connectivity index is 2.83. The summed E-state index contributed by atoms with van der Waals surface area (Å²) in [5.74, 6) is 0.667. The first kappa shape index (κ1) is 15.0. The van der Waals surface area contributed by atoms with Crippen LogP contribution < -0.4 is 0 Å². The molecule has 0 aromatic heterocycles. The predicted molar refractivity (Wildman–Crippen MR) is 83.1 cm³/mol. The van der Waals surface area contributed by atoms with E-state index in [1.807, 2.05) is 0 Å².